The molecule has 0 saturated heterocycles. The summed E-state index contributed by atoms with van der Waals surface area (Å²) < 4.78 is 0. The predicted molar refractivity (Wildman–Crippen MR) is 100 cm³/mol. The van der Waals surface area contributed by atoms with Crippen LogP contribution in [0.5, 0.6) is 0 Å². The Morgan fingerprint density at radius 3 is 2.76 bits per heavy atom. The fourth-order valence-corrected chi connectivity index (χ4v) is 3.43. The molecule has 3 aromatic rings. The van der Waals surface area contributed by atoms with Gasteiger partial charge in [0, 0.05) is 22.5 Å². The predicted octanol–water partition coefficient (Wildman–Crippen LogP) is 3.81. The van der Waals surface area contributed by atoms with E-state index in [0.717, 1.165) is 12.8 Å². The van der Waals surface area contributed by atoms with E-state index in [0.29, 0.717) is 22.8 Å². The molecule has 0 spiro atoms. The number of aryl methyl sites for hydroxylation is 1. The number of anilines is 2. The monoisotopic (exact) mass is 372 g/mol. The molecular formula is C17H16N4O2S2. The highest BCUT2D eigenvalue weighted by molar-refractivity contribution is 7.13. The van der Waals surface area contributed by atoms with Gasteiger partial charge in [0.1, 0.15) is 5.51 Å². The van der Waals surface area contributed by atoms with Crippen molar-refractivity contribution in [3.63, 3.8) is 0 Å². The van der Waals surface area contributed by atoms with E-state index in [2.05, 4.69) is 26.9 Å². The van der Waals surface area contributed by atoms with Gasteiger partial charge in [-0.05, 0) is 42.5 Å². The van der Waals surface area contributed by atoms with Crippen molar-refractivity contribution in [1.29, 1.82) is 0 Å². The second-order valence-electron chi connectivity index (χ2n) is 5.26. The number of nitrogens with one attached hydrogen (secondary N) is 2. The fourth-order valence-electron chi connectivity index (χ4n) is 2.24. The van der Waals surface area contributed by atoms with Crippen LogP contribution in [0.15, 0.2) is 47.3 Å². The third-order valence-corrected chi connectivity index (χ3v) is 4.94. The number of benzene rings is 1. The van der Waals surface area contributed by atoms with Gasteiger partial charge in [0.25, 0.3) is 5.91 Å². The molecule has 0 aliphatic rings. The molecule has 2 amide bonds. The lowest BCUT2D eigenvalue weighted by Gasteiger charge is -2.07. The van der Waals surface area contributed by atoms with E-state index in [4.69, 9.17) is 0 Å². The summed E-state index contributed by atoms with van der Waals surface area (Å²) in [6.45, 7) is 0. The molecule has 2 heterocycles. The first-order valence-corrected chi connectivity index (χ1v) is 9.46. The second-order valence-corrected chi connectivity index (χ2v) is 7.13. The van der Waals surface area contributed by atoms with Crippen LogP contribution in [0, 0.1) is 0 Å². The number of aromatic nitrogens is 2. The van der Waals surface area contributed by atoms with Crippen LogP contribution >= 0.6 is 22.7 Å². The van der Waals surface area contributed by atoms with E-state index in [-0.39, 0.29) is 11.8 Å². The standard InChI is InChI=1S/C17H16N4O2S2/c22-15(8-2-6-14-7-3-9-24-14)19-13-5-1-4-12(10-13)16(23)20-17-21-18-11-25-17/h1,3-5,7,9-11H,2,6,8H2,(H,19,22)(H,20,21,23). The number of rotatable bonds is 7. The number of amides is 2. The first-order valence-electron chi connectivity index (χ1n) is 7.70. The van der Waals surface area contributed by atoms with Gasteiger partial charge < -0.3 is 5.32 Å². The van der Waals surface area contributed by atoms with E-state index in [1.54, 1.807) is 41.1 Å². The minimum absolute atomic E-state index is 0.0572. The molecule has 0 radical (unpaired) electrons. The molecule has 0 fully saturated rings. The molecule has 25 heavy (non-hydrogen) atoms. The van der Waals surface area contributed by atoms with E-state index >= 15 is 0 Å². The summed E-state index contributed by atoms with van der Waals surface area (Å²) in [6.07, 6.45) is 2.14. The molecule has 2 N–H and O–H groups in total. The van der Waals surface area contributed by atoms with Crippen LogP contribution in [0.1, 0.15) is 28.1 Å². The first kappa shape index (κ1) is 17.2. The maximum atomic E-state index is 12.2. The molecule has 6 nitrogen and oxygen atoms in total. The van der Waals surface area contributed by atoms with Crippen LogP contribution in [0.25, 0.3) is 0 Å². The Hall–Kier alpha value is -2.58. The number of nitrogens with zero attached hydrogens (tertiary/aromatic N) is 2. The van der Waals surface area contributed by atoms with E-state index in [9.17, 15) is 9.59 Å². The Kier molecular flexibility index (Phi) is 5.86. The Labute approximate surface area is 152 Å². The third-order valence-electron chi connectivity index (χ3n) is 3.40. The summed E-state index contributed by atoms with van der Waals surface area (Å²) in [5.41, 5.74) is 2.60. The largest absolute Gasteiger partial charge is 0.326 e. The number of carbonyl (C=O) groups excluding carboxylic acids is 2. The Balaban J connectivity index is 1.52. The summed E-state index contributed by atoms with van der Waals surface area (Å²) in [7, 11) is 0. The second kappa shape index (κ2) is 8.50. The van der Waals surface area contributed by atoms with Gasteiger partial charge in [-0.15, -0.1) is 21.5 Å². The summed E-state index contributed by atoms with van der Waals surface area (Å²) in [4.78, 5) is 25.5. The normalized spacial score (nSPS) is 10.4. The minimum Gasteiger partial charge on any atom is -0.326 e. The van der Waals surface area contributed by atoms with Crippen LogP contribution < -0.4 is 10.6 Å². The molecule has 3 rings (SSSR count). The highest BCUT2D eigenvalue weighted by Gasteiger charge is 2.10. The first-order chi connectivity index (χ1) is 12.2. The number of hydrogen-bond donors (Lipinski definition) is 2. The minimum atomic E-state index is -0.287. The van der Waals surface area contributed by atoms with Crippen molar-refractivity contribution < 1.29 is 9.59 Å². The zero-order valence-electron chi connectivity index (χ0n) is 13.3. The molecule has 8 heteroatoms. The Morgan fingerprint density at radius 1 is 1.08 bits per heavy atom. The smallest absolute Gasteiger partial charge is 0.257 e. The maximum Gasteiger partial charge on any atom is 0.257 e. The molecule has 0 aliphatic heterocycles. The maximum absolute atomic E-state index is 12.2. The molecule has 1 aromatic carbocycles. The van der Waals surface area contributed by atoms with Crippen LogP contribution in [-0.2, 0) is 11.2 Å². The van der Waals surface area contributed by atoms with Gasteiger partial charge in [-0.1, -0.05) is 23.5 Å². The third kappa shape index (κ3) is 5.20. The van der Waals surface area contributed by atoms with Gasteiger partial charge >= 0.3 is 0 Å². The molecule has 2 aromatic heterocycles. The van der Waals surface area contributed by atoms with Crippen LogP contribution in [0.4, 0.5) is 10.8 Å². The average molecular weight is 372 g/mol. The van der Waals surface area contributed by atoms with Crippen molar-refractivity contribution >= 4 is 45.3 Å². The van der Waals surface area contributed by atoms with E-state index in [1.807, 2.05) is 11.4 Å². The van der Waals surface area contributed by atoms with Crippen LogP contribution in [-0.4, -0.2) is 22.0 Å². The van der Waals surface area contributed by atoms with Crippen molar-refractivity contribution in [2.45, 2.75) is 19.3 Å². The summed E-state index contributed by atoms with van der Waals surface area (Å²) in [5, 5.41) is 15.4. The van der Waals surface area contributed by atoms with Crippen molar-refractivity contribution in [3.05, 3.63) is 57.7 Å². The lowest BCUT2D eigenvalue weighted by molar-refractivity contribution is -0.116. The molecule has 0 atom stereocenters. The van der Waals surface area contributed by atoms with Gasteiger partial charge in [-0.2, -0.15) is 0 Å². The van der Waals surface area contributed by atoms with E-state index < -0.39 is 0 Å². The average Bonchev–Trinajstić information content (AvgIpc) is 3.29. The zero-order valence-corrected chi connectivity index (χ0v) is 14.9. The van der Waals surface area contributed by atoms with Crippen molar-refractivity contribution in [2.75, 3.05) is 10.6 Å². The number of thiophene rings is 1. The molecule has 0 saturated carbocycles. The lowest BCUT2D eigenvalue weighted by Crippen LogP contribution is -2.14. The molecule has 128 valence electrons. The summed E-state index contributed by atoms with van der Waals surface area (Å²) >= 11 is 2.95. The van der Waals surface area contributed by atoms with Crippen molar-refractivity contribution in [2.24, 2.45) is 0 Å². The fraction of sp³-hybridized carbons (Fsp3) is 0.176. The number of hydrogen-bond acceptors (Lipinski definition) is 6. The number of carbonyl (C=O) groups is 2. The van der Waals surface area contributed by atoms with Gasteiger partial charge in [-0.25, -0.2) is 0 Å². The van der Waals surface area contributed by atoms with Crippen molar-refractivity contribution in [1.82, 2.24) is 10.2 Å². The summed E-state index contributed by atoms with van der Waals surface area (Å²) in [5.74, 6) is -0.344. The topological polar surface area (TPSA) is 84.0 Å². The zero-order chi connectivity index (χ0) is 17.5. The van der Waals surface area contributed by atoms with Gasteiger partial charge in [0.15, 0.2) is 0 Å². The summed E-state index contributed by atoms with van der Waals surface area (Å²) in [6, 6.07) is 10.9. The van der Waals surface area contributed by atoms with Crippen molar-refractivity contribution in [3.8, 4) is 0 Å². The lowest BCUT2D eigenvalue weighted by atomic mass is 10.1. The molecule has 0 bridgehead atoms. The van der Waals surface area contributed by atoms with Gasteiger partial charge in [0.05, 0.1) is 0 Å². The molecule has 0 aliphatic carbocycles. The van der Waals surface area contributed by atoms with Crippen LogP contribution in [0.3, 0.4) is 0 Å². The van der Waals surface area contributed by atoms with Gasteiger partial charge in [0.2, 0.25) is 11.0 Å². The Bertz CT molecular complexity index is 832. The van der Waals surface area contributed by atoms with Crippen LogP contribution in [0.2, 0.25) is 0 Å². The SMILES string of the molecule is O=C(CCCc1cccs1)Nc1cccc(C(=O)Nc2nncs2)c1. The van der Waals surface area contributed by atoms with Gasteiger partial charge in [-0.3, -0.25) is 14.9 Å². The molecular weight excluding hydrogens is 356 g/mol. The highest BCUT2D eigenvalue weighted by Crippen LogP contribution is 2.16. The van der Waals surface area contributed by atoms with E-state index in [1.165, 1.54) is 16.2 Å². The molecule has 0 unspecified atom stereocenters. The Morgan fingerprint density at radius 2 is 2.00 bits per heavy atom. The quantitative estimate of drug-likeness (QED) is 0.660. The highest BCUT2D eigenvalue weighted by atomic mass is 32.1.